The summed E-state index contributed by atoms with van der Waals surface area (Å²) in [4.78, 5) is 11.4. The second-order valence-corrected chi connectivity index (χ2v) is 5.56. The summed E-state index contributed by atoms with van der Waals surface area (Å²) in [5, 5.41) is 4.49. The molecule has 1 aromatic rings. The molecule has 0 bridgehead atoms. The molecule has 0 saturated heterocycles. The number of hydrogen-bond acceptors (Lipinski definition) is 5. The number of hydrogen-bond donors (Lipinski definition) is 2. The summed E-state index contributed by atoms with van der Waals surface area (Å²) in [5.74, 6) is 0.100. The maximum absolute atomic E-state index is 11.4. The first kappa shape index (κ1) is 16.3. The van der Waals surface area contributed by atoms with Crippen molar-refractivity contribution in [2.45, 2.75) is 39.0 Å². The van der Waals surface area contributed by atoms with Gasteiger partial charge in [0.05, 0.1) is 12.3 Å². The highest BCUT2D eigenvalue weighted by atomic mass is 16.5. The second-order valence-electron chi connectivity index (χ2n) is 5.56. The van der Waals surface area contributed by atoms with Gasteiger partial charge in [-0.1, -0.05) is 37.5 Å². The molecule has 0 spiro atoms. The Hall–Kier alpha value is -2.04. The van der Waals surface area contributed by atoms with E-state index < -0.39 is 0 Å². The second kappa shape index (κ2) is 8.41. The van der Waals surface area contributed by atoms with Crippen LogP contribution >= 0.6 is 0 Å². The Morgan fingerprint density at radius 3 is 2.73 bits per heavy atom. The van der Waals surface area contributed by atoms with Crippen LogP contribution in [-0.4, -0.2) is 24.8 Å². The Balaban J connectivity index is 2.14. The lowest BCUT2D eigenvalue weighted by molar-refractivity contribution is -0.141. The first-order chi connectivity index (χ1) is 10.7. The molecule has 3 N–H and O–H groups in total. The fourth-order valence-electron chi connectivity index (χ4n) is 2.88. The van der Waals surface area contributed by atoms with E-state index in [1.165, 1.54) is 19.3 Å². The van der Waals surface area contributed by atoms with E-state index in [1.807, 2.05) is 24.3 Å². The minimum Gasteiger partial charge on any atom is -0.465 e. The lowest BCUT2D eigenvalue weighted by atomic mass is 9.83. The number of para-hydroxylation sites is 1. The maximum atomic E-state index is 11.4. The molecule has 1 aliphatic carbocycles. The van der Waals surface area contributed by atoms with Gasteiger partial charge in [-0.2, -0.15) is 5.10 Å². The Kier molecular flexibility index (Phi) is 6.25. The van der Waals surface area contributed by atoms with E-state index in [1.54, 1.807) is 6.92 Å². The van der Waals surface area contributed by atoms with E-state index in [0.717, 1.165) is 29.8 Å². The van der Waals surface area contributed by atoms with E-state index in [2.05, 4.69) is 10.5 Å². The van der Waals surface area contributed by atoms with Crippen molar-refractivity contribution in [2.75, 3.05) is 18.9 Å². The van der Waals surface area contributed by atoms with Crippen molar-refractivity contribution < 1.29 is 9.53 Å². The number of nitrogens with one attached hydrogen (secondary N) is 1. The Morgan fingerprint density at radius 1 is 1.32 bits per heavy atom. The van der Waals surface area contributed by atoms with Gasteiger partial charge in [-0.05, 0) is 25.8 Å². The highest BCUT2D eigenvalue weighted by Crippen LogP contribution is 2.29. The topological polar surface area (TPSA) is 76.7 Å². The van der Waals surface area contributed by atoms with Crippen molar-refractivity contribution >= 4 is 17.4 Å². The molecule has 0 unspecified atom stereocenters. The molecule has 5 nitrogen and oxygen atoms in total. The largest absolute Gasteiger partial charge is 0.465 e. The van der Waals surface area contributed by atoms with Crippen molar-refractivity contribution in [3.63, 3.8) is 0 Å². The lowest BCUT2D eigenvalue weighted by Gasteiger charge is -2.24. The molecule has 0 radical (unpaired) electrons. The third kappa shape index (κ3) is 4.48. The molecule has 1 saturated carbocycles. The zero-order chi connectivity index (χ0) is 15.8. The Bertz CT molecular complexity index is 522. The summed E-state index contributed by atoms with van der Waals surface area (Å²) < 4.78 is 4.90. The maximum Gasteiger partial charge on any atom is 0.327 e. The molecule has 22 heavy (non-hydrogen) atoms. The molecule has 5 heteroatoms. The molecule has 1 aliphatic rings. The van der Waals surface area contributed by atoms with Crippen LogP contribution in [0.2, 0.25) is 0 Å². The number of nitrogens with two attached hydrogens (primary N) is 1. The minimum absolute atomic E-state index is 0.0802. The molecule has 0 aromatic heterocycles. The highest BCUT2D eigenvalue weighted by Gasteiger charge is 2.22. The first-order valence-corrected chi connectivity index (χ1v) is 8.03. The number of carbonyl (C=O) groups is 1. The molecule has 2 rings (SSSR count). The third-order valence-corrected chi connectivity index (χ3v) is 3.96. The summed E-state index contributed by atoms with van der Waals surface area (Å²) in [6.45, 7) is 2.25. The molecule has 120 valence electrons. The quantitative estimate of drug-likeness (QED) is 0.367. The SMILES string of the molecule is CCOC(=O)CNN=C(c1ccccc1N)C1CCCCC1. The van der Waals surface area contributed by atoms with Gasteiger partial charge in [0.25, 0.3) is 0 Å². The van der Waals surface area contributed by atoms with E-state index >= 15 is 0 Å². The predicted octanol–water partition coefficient (Wildman–Crippen LogP) is 2.71. The first-order valence-electron chi connectivity index (χ1n) is 8.03. The van der Waals surface area contributed by atoms with E-state index in [9.17, 15) is 4.79 Å². The summed E-state index contributed by atoms with van der Waals surface area (Å²) in [6, 6.07) is 7.77. The molecule has 0 amide bonds. The van der Waals surface area contributed by atoms with Crippen LogP contribution in [0.25, 0.3) is 0 Å². The van der Waals surface area contributed by atoms with Gasteiger partial charge in [-0.25, -0.2) is 0 Å². The summed E-state index contributed by atoms with van der Waals surface area (Å²) in [7, 11) is 0. The fourth-order valence-corrected chi connectivity index (χ4v) is 2.88. The van der Waals surface area contributed by atoms with E-state index in [0.29, 0.717) is 12.5 Å². The van der Waals surface area contributed by atoms with Crippen LogP contribution < -0.4 is 11.2 Å². The number of rotatable bonds is 6. The zero-order valence-corrected chi connectivity index (χ0v) is 13.2. The average Bonchev–Trinajstić information content (AvgIpc) is 2.54. The molecular weight excluding hydrogens is 278 g/mol. The number of nitrogen functional groups attached to an aromatic ring is 1. The fraction of sp³-hybridized carbons (Fsp3) is 0.529. The van der Waals surface area contributed by atoms with Crippen molar-refractivity contribution in [1.29, 1.82) is 0 Å². The molecule has 1 aromatic carbocycles. The number of ether oxygens (including phenoxy) is 1. The molecule has 0 heterocycles. The van der Waals surface area contributed by atoms with Gasteiger partial charge >= 0.3 is 5.97 Å². The van der Waals surface area contributed by atoms with Gasteiger partial charge in [0.1, 0.15) is 6.54 Å². The van der Waals surface area contributed by atoms with Crippen LogP contribution in [0.1, 0.15) is 44.6 Å². The predicted molar refractivity (Wildman–Crippen MR) is 88.6 cm³/mol. The van der Waals surface area contributed by atoms with Gasteiger partial charge in [-0.15, -0.1) is 0 Å². The number of carbonyl (C=O) groups excluding carboxylic acids is 1. The highest BCUT2D eigenvalue weighted by molar-refractivity contribution is 6.06. The number of anilines is 1. The third-order valence-electron chi connectivity index (χ3n) is 3.96. The molecule has 0 atom stereocenters. The number of nitrogens with zero attached hydrogens (tertiary/aromatic N) is 1. The molecule has 0 aliphatic heterocycles. The van der Waals surface area contributed by atoms with Crippen molar-refractivity contribution in [1.82, 2.24) is 5.43 Å². The lowest BCUT2D eigenvalue weighted by Crippen LogP contribution is -2.26. The smallest absolute Gasteiger partial charge is 0.327 e. The number of esters is 1. The van der Waals surface area contributed by atoms with Crippen molar-refractivity contribution in [3.05, 3.63) is 29.8 Å². The van der Waals surface area contributed by atoms with Crippen LogP contribution in [0.15, 0.2) is 29.4 Å². The Labute approximate surface area is 131 Å². The molecular formula is C17H25N3O2. The average molecular weight is 303 g/mol. The van der Waals surface area contributed by atoms with Gasteiger partial charge in [0, 0.05) is 17.2 Å². The van der Waals surface area contributed by atoms with E-state index in [4.69, 9.17) is 10.5 Å². The van der Waals surface area contributed by atoms with Crippen molar-refractivity contribution in [3.8, 4) is 0 Å². The zero-order valence-electron chi connectivity index (χ0n) is 13.2. The van der Waals surface area contributed by atoms with Crippen molar-refractivity contribution in [2.24, 2.45) is 11.0 Å². The number of benzene rings is 1. The van der Waals surface area contributed by atoms with Gasteiger partial charge in [-0.3, -0.25) is 10.2 Å². The van der Waals surface area contributed by atoms with E-state index in [-0.39, 0.29) is 12.5 Å². The van der Waals surface area contributed by atoms with Crippen LogP contribution in [-0.2, 0) is 9.53 Å². The van der Waals surface area contributed by atoms with Crippen LogP contribution in [0.4, 0.5) is 5.69 Å². The monoisotopic (exact) mass is 303 g/mol. The Morgan fingerprint density at radius 2 is 2.05 bits per heavy atom. The van der Waals surface area contributed by atoms with Gasteiger partial charge < -0.3 is 10.5 Å². The standard InChI is InChI=1S/C17H25N3O2/c1-2-22-16(21)12-19-20-17(13-8-4-3-5-9-13)14-10-6-7-11-15(14)18/h6-7,10-11,13,19H,2-5,8-9,12,18H2,1H3. The van der Waals surface area contributed by atoms with Crippen LogP contribution in [0.3, 0.4) is 0 Å². The van der Waals surface area contributed by atoms with Gasteiger partial charge in [0.15, 0.2) is 0 Å². The van der Waals surface area contributed by atoms with Gasteiger partial charge in [0.2, 0.25) is 0 Å². The normalized spacial score (nSPS) is 16.3. The number of hydrazone groups is 1. The summed E-state index contributed by atoms with van der Waals surface area (Å²) in [6.07, 6.45) is 5.95. The molecule has 1 fully saturated rings. The minimum atomic E-state index is -0.296. The van der Waals surface area contributed by atoms with Crippen LogP contribution in [0.5, 0.6) is 0 Å². The van der Waals surface area contributed by atoms with Crippen LogP contribution in [0, 0.1) is 5.92 Å². The summed E-state index contributed by atoms with van der Waals surface area (Å²) in [5.41, 5.74) is 11.6. The summed E-state index contributed by atoms with van der Waals surface area (Å²) >= 11 is 0.